The number of morpholine rings is 1. The van der Waals surface area contributed by atoms with Gasteiger partial charge in [0.05, 0.1) is 29.5 Å². The molecular weight excluding hydrogens is 403 g/mol. The summed E-state index contributed by atoms with van der Waals surface area (Å²) in [5.41, 5.74) is 2.84. The first-order valence-electron chi connectivity index (χ1n) is 8.72. The van der Waals surface area contributed by atoms with Gasteiger partial charge in [-0.1, -0.05) is 18.2 Å². The lowest BCUT2D eigenvalue weighted by atomic mass is 10.1. The van der Waals surface area contributed by atoms with Crippen LogP contribution < -0.4 is 5.43 Å². The lowest BCUT2D eigenvalue weighted by Crippen LogP contribution is -2.40. The lowest BCUT2D eigenvalue weighted by molar-refractivity contribution is -0.385. The van der Waals surface area contributed by atoms with Crippen molar-refractivity contribution in [2.24, 2.45) is 5.10 Å². The first kappa shape index (κ1) is 20.8. The van der Waals surface area contributed by atoms with Crippen LogP contribution in [0.5, 0.6) is 0 Å². The van der Waals surface area contributed by atoms with Crippen LogP contribution in [0.25, 0.3) is 0 Å². The van der Waals surface area contributed by atoms with Gasteiger partial charge < -0.3 is 4.74 Å². The molecule has 1 saturated heterocycles. The highest BCUT2D eigenvalue weighted by atomic mass is 32.2. The third-order valence-electron chi connectivity index (χ3n) is 4.37. The first-order valence-corrected chi connectivity index (χ1v) is 10.2. The molecule has 9 nitrogen and oxygen atoms in total. The predicted molar refractivity (Wildman–Crippen MR) is 105 cm³/mol. The number of nitrogens with one attached hydrogen (secondary N) is 1. The lowest BCUT2D eigenvalue weighted by Gasteiger charge is -2.26. The molecule has 0 spiro atoms. The van der Waals surface area contributed by atoms with Gasteiger partial charge in [0.15, 0.2) is 0 Å². The van der Waals surface area contributed by atoms with Crippen LogP contribution in [0.4, 0.5) is 15.8 Å². The highest BCUT2D eigenvalue weighted by Crippen LogP contribution is 2.29. The average Bonchev–Trinajstić information content (AvgIpc) is 2.72. The maximum Gasteiger partial charge on any atom is 0.270 e. The number of halogens is 1. The van der Waals surface area contributed by atoms with Crippen LogP contribution in [0.15, 0.2) is 52.5 Å². The first-order chi connectivity index (χ1) is 13.8. The molecule has 154 valence electrons. The number of hydrogen-bond acceptors (Lipinski definition) is 7. The highest BCUT2D eigenvalue weighted by molar-refractivity contribution is 7.89. The number of rotatable bonds is 6. The maximum atomic E-state index is 13.9. The summed E-state index contributed by atoms with van der Waals surface area (Å²) < 4.78 is 46.4. The fraction of sp³-hybridized carbons (Fsp3) is 0.278. The molecule has 1 aliphatic heterocycles. The number of non-ortho nitro benzene ring substituents is 1. The Kier molecular flexibility index (Phi) is 6.20. The van der Waals surface area contributed by atoms with Gasteiger partial charge in [-0.15, -0.1) is 0 Å². The number of ether oxygens (including phenoxy) is 1. The van der Waals surface area contributed by atoms with E-state index < -0.39 is 20.8 Å². The van der Waals surface area contributed by atoms with Crippen molar-refractivity contribution in [1.29, 1.82) is 0 Å². The standard InChI is InChI=1S/C18H19FN4O5S/c1-13(15-4-2-3-5-16(15)19)20-21-17-7-6-14(23(24)25)12-18(17)29(26,27)22-8-10-28-11-9-22/h2-7,12,21H,8-11H2,1H3/b20-13+. The molecule has 2 aromatic rings. The molecule has 0 saturated carbocycles. The van der Waals surface area contributed by atoms with E-state index in [2.05, 4.69) is 10.5 Å². The number of sulfonamides is 1. The molecule has 29 heavy (non-hydrogen) atoms. The van der Waals surface area contributed by atoms with Crippen molar-refractivity contribution in [3.63, 3.8) is 0 Å². The summed E-state index contributed by atoms with van der Waals surface area (Å²) >= 11 is 0. The highest BCUT2D eigenvalue weighted by Gasteiger charge is 2.30. The van der Waals surface area contributed by atoms with E-state index in [0.29, 0.717) is 0 Å². The summed E-state index contributed by atoms with van der Waals surface area (Å²) in [6.45, 7) is 2.32. The molecule has 1 N–H and O–H groups in total. The van der Waals surface area contributed by atoms with Gasteiger partial charge in [-0.2, -0.15) is 9.41 Å². The van der Waals surface area contributed by atoms with E-state index >= 15 is 0 Å². The molecule has 0 aromatic heterocycles. The van der Waals surface area contributed by atoms with Crippen molar-refractivity contribution in [3.8, 4) is 0 Å². The smallest absolute Gasteiger partial charge is 0.270 e. The quantitative estimate of drug-likeness (QED) is 0.435. The molecule has 0 atom stereocenters. The van der Waals surface area contributed by atoms with Crippen LogP contribution in [0.2, 0.25) is 0 Å². The van der Waals surface area contributed by atoms with Crippen molar-refractivity contribution >= 4 is 27.1 Å². The average molecular weight is 422 g/mol. The summed E-state index contributed by atoms with van der Waals surface area (Å²) in [5, 5.41) is 15.2. The molecule has 11 heteroatoms. The number of anilines is 1. The minimum atomic E-state index is -4.03. The molecule has 0 amide bonds. The van der Waals surface area contributed by atoms with Crippen molar-refractivity contribution in [1.82, 2.24) is 4.31 Å². The Hall–Kier alpha value is -2.89. The van der Waals surface area contributed by atoms with E-state index in [1.807, 2.05) is 0 Å². The van der Waals surface area contributed by atoms with Crippen molar-refractivity contribution < 1.29 is 22.5 Å². The van der Waals surface area contributed by atoms with Gasteiger partial charge in [0.25, 0.3) is 5.69 Å². The second-order valence-corrected chi connectivity index (χ2v) is 8.15. The third-order valence-corrected chi connectivity index (χ3v) is 6.31. The molecule has 0 unspecified atom stereocenters. The fourth-order valence-electron chi connectivity index (χ4n) is 2.82. The van der Waals surface area contributed by atoms with Gasteiger partial charge in [0.1, 0.15) is 10.7 Å². The summed E-state index contributed by atoms with van der Waals surface area (Å²) in [6, 6.07) is 9.45. The van der Waals surface area contributed by atoms with Gasteiger partial charge in [-0.25, -0.2) is 12.8 Å². The molecule has 1 fully saturated rings. The van der Waals surface area contributed by atoms with Gasteiger partial charge >= 0.3 is 0 Å². The van der Waals surface area contributed by atoms with Crippen LogP contribution in [0, 0.1) is 15.9 Å². The van der Waals surface area contributed by atoms with Crippen LogP contribution in [0.1, 0.15) is 12.5 Å². The minimum Gasteiger partial charge on any atom is -0.379 e. The summed E-state index contributed by atoms with van der Waals surface area (Å²) in [4.78, 5) is 10.2. The minimum absolute atomic E-state index is 0.0535. The Morgan fingerprint density at radius 1 is 1.24 bits per heavy atom. The molecule has 1 heterocycles. The molecule has 3 rings (SSSR count). The van der Waals surface area contributed by atoms with Crippen LogP contribution in [0.3, 0.4) is 0 Å². The van der Waals surface area contributed by atoms with Crippen LogP contribution in [-0.4, -0.2) is 49.7 Å². The Morgan fingerprint density at radius 3 is 2.59 bits per heavy atom. The van der Waals surface area contributed by atoms with E-state index in [9.17, 15) is 22.9 Å². The van der Waals surface area contributed by atoms with Crippen molar-refractivity contribution in [2.45, 2.75) is 11.8 Å². The molecule has 2 aromatic carbocycles. The Morgan fingerprint density at radius 2 is 1.93 bits per heavy atom. The van der Waals surface area contributed by atoms with E-state index in [1.54, 1.807) is 19.1 Å². The second kappa shape index (κ2) is 8.64. The number of benzene rings is 2. The monoisotopic (exact) mass is 422 g/mol. The van der Waals surface area contributed by atoms with Gasteiger partial charge in [0.2, 0.25) is 10.0 Å². The summed E-state index contributed by atoms with van der Waals surface area (Å²) in [5.74, 6) is -0.472. The maximum absolute atomic E-state index is 13.9. The molecule has 0 radical (unpaired) electrons. The zero-order valence-electron chi connectivity index (χ0n) is 15.5. The Bertz CT molecular complexity index is 1050. The zero-order valence-corrected chi connectivity index (χ0v) is 16.4. The molecular formula is C18H19FN4O5S. The molecule has 1 aliphatic rings. The molecule has 0 aliphatic carbocycles. The fourth-order valence-corrected chi connectivity index (χ4v) is 4.38. The normalized spacial score (nSPS) is 15.9. The van der Waals surface area contributed by atoms with E-state index in [0.717, 1.165) is 6.07 Å². The van der Waals surface area contributed by atoms with Gasteiger partial charge in [-0.05, 0) is 19.1 Å². The number of nitrogens with zero attached hydrogens (tertiary/aromatic N) is 3. The number of hydrogen-bond donors (Lipinski definition) is 1. The third kappa shape index (κ3) is 4.58. The summed E-state index contributed by atoms with van der Waals surface area (Å²) in [7, 11) is -4.03. The van der Waals surface area contributed by atoms with Crippen LogP contribution in [-0.2, 0) is 14.8 Å². The Labute approximate surface area is 167 Å². The SMILES string of the molecule is C/C(=N\Nc1ccc([N+](=O)[O-])cc1S(=O)(=O)N1CCOCC1)c1ccccc1F. The van der Waals surface area contributed by atoms with E-state index in [-0.39, 0.29) is 53.8 Å². The largest absolute Gasteiger partial charge is 0.379 e. The Balaban J connectivity index is 1.99. The topological polar surface area (TPSA) is 114 Å². The van der Waals surface area contributed by atoms with E-state index in [4.69, 9.17) is 4.74 Å². The van der Waals surface area contributed by atoms with Gasteiger partial charge in [0, 0.05) is 30.8 Å². The van der Waals surface area contributed by atoms with E-state index in [1.165, 1.54) is 28.6 Å². The zero-order chi connectivity index (χ0) is 21.0. The van der Waals surface area contributed by atoms with Crippen molar-refractivity contribution in [2.75, 3.05) is 31.7 Å². The van der Waals surface area contributed by atoms with Crippen LogP contribution >= 0.6 is 0 Å². The predicted octanol–water partition coefficient (Wildman–Crippen LogP) is 2.59. The number of hydrazone groups is 1. The molecule has 0 bridgehead atoms. The number of nitro groups is 1. The van der Waals surface area contributed by atoms with Crippen molar-refractivity contribution in [3.05, 3.63) is 64.0 Å². The number of nitro benzene ring substituents is 1. The summed E-state index contributed by atoms with van der Waals surface area (Å²) in [6.07, 6.45) is 0. The van der Waals surface area contributed by atoms with Gasteiger partial charge in [-0.3, -0.25) is 15.5 Å². The second-order valence-electron chi connectivity index (χ2n) is 6.24.